The number of nitro groups is 1. The molecule has 0 unspecified atom stereocenters. The van der Waals surface area contributed by atoms with E-state index >= 15 is 0 Å². The molecule has 0 atom stereocenters. The lowest BCUT2D eigenvalue weighted by Gasteiger charge is -1.99. The average molecular weight is 486 g/mol. The fourth-order valence-corrected chi connectivity index (χ4v) is 5.16. The summed E-state index contributed by atoms with van der Waals surface area (Å²) in [4.78, 5) is 22.5. The highest BCUT2D eigenvalue weighted by Crippen LogP contribution is 2.30. The lowest BCUT2D eigenvalue weighted by Crippen LogP contribution is -2.19. The van der Waals surface area contributed by atoms with Crippen LogP contribution in [-0.4, -0.2) is 33.0 Å². The molecule has 0 fully saturated rings. The highest BCUT2D eigenvalue weighted by molar-refractivity contribution is 8.03. The molecule has 1 amide bonds. The first-order chi connectivity index (χ1) is 15.5. The number of hydrogen-bond acceptors (Lipinski definition) is 9. The van der Waals surface area contributed by atoms with Crippen LogP contribution in [0.1, 0.15) is 16.7 Å². The summed E-state index contributed by atoms with van der Waals surface area (Å²) < 4.78 is 1.57. The number of aromatic nitrogens is 2. The first-order valence-electron chi connectivity index (χ1n) is 9.38. The van der Waals surface area contributed by atoms with Gasteiger partial charge in [0.2, 0.25) is 0 Å². The number of nitrogens with zero attached hydrogens (tertiary/aromatic N) is 4. The Labute approximate surface area is 197 Å². The summed E-state index contributed by atoms with van der Waals surface area (Å²) in [6.07, 6.45) is 4.45. The number of benzene rings is 2. The van der Waals surface area contributed by atoms with Crippen LogP contribution in [0.2, 0.25) is 0 Å². The summed E-state index contributed by atoms with van der Waals surface area (Å²) in [5.74, 6) is 0.686. The van der Waals surface area contributed by atoms with E-state index in [9.17, 15) is 14.9 Å². The predicted octanol–water partition coefficient (Wildman–Crippen LogP) is 4.95. The summed E-state index contributed by atoms with van der Waals surface area (Å²) in [5.41, 5.74) is 5.32. The molecule has 8 nitrogen and oxygen atoms in total. The highest BCUT2D eigenvalue weighted by Gasteiger charge is 2.09. The van der Waals surface area contributed by atoms with Crippen LogP contribution < -0.4 is 5.43 Å². The van der Waals surface area contributed by atoms with E-state index in [1.165, 1.54) is 52.6 Å². The number of hydrogen-bond donors (Lipinski definition) is 1. The lowest BCUT2D eigenvalue weighted by atomic mass is 10.2. The van der Waals surface area contributed by atoms with Gasteiger partial charge in [-0.3, -0.25) is 14.9 Å². The first kappa shape index (κ1) is 23.6. The van der Waals surface area contributed by atoms with Gasteiger partial charge in [-0.25, -0.2) is 5.43 Å². The number of aryl methyl sites for hydroxylation is 1. The van der Waals surface area contributed by atoms with Gasteiger partial charge in [-0.05, 0) is 30.7 Å². The van der Waals surface area contributed by atoms with Crippen LogP contribution in [-0.2, 0) is 10.5 Å². The fraction of sp³-hybridized carbons (Fsp3) is 0.143. The van der Waals surface area contributed by atoms with Crippen LogP contribution in [0.5, 0.6) is 0 Å². The minimum Gasteiger partial charge on any atom is -0.272 e. The second-order valence-electron chi connectivity index (χ2n) is 6.39. The zero-order valence-electron chi connectivity index (χ0n) is 17.0. The van der Waals surface area contributed by atoms with Crippen molar-refractivity contribution in [1.29, 1.82) is 0 Å². The van der Waals surface area contributed by atoms with Crippen molar-refractivity contribution in [3.05, 3.63) is 81.4 Å². The molecule has 0 bridgehead atoms. The summed E-state index contributed by atoms with van der Waals surface area (Å²) >= 11 is 4.35. The Bertz CT molecular complexity index is 1130. The van der Waals surface area contributed by atoms with Crippen molar-refractivity contribution in [2.24, 2.45) is 5.10 Å². The van der Waals surface area contributed by atoms with Crippen LogP contribution in [0.3, 0.4) is 0 Å². The molecule has 1 heterocycles. The molecule has 1 aromatic heterocycles. The molecular weight excluding hydrogens is 466 g/mol. The van der Waals surface area contributed by atoms with Crippen molar-refractivity contribution in [3.8, 4) is 0 Å². The topological polar surface area (TPSA) is 110 Å². The quantitative estimate of drug-likeness (QED) is 0.187. The fourth-order valence-electron chi connectivity index (χ4n) is 2.40. The molecule has 0 radical (unpaired) electrons. The molecule has 0 saturated carbocycles. The van der Waals surface area contributed by atoms with E-state index in [0.717, 1.165) is 10.1 Å². The lowest BCUT2D eigenvalue weighted by molar-refractivity contribution is -0.385. The van der Waals surface area contributed by atoms with E-state index in [0.29, 0.717) is 9.90 Å². The Hall–Kier alpha value is -3.02. The molecule has 3 aromatic rings. The predicted molar refractivity (Wildman–Crippen MR) is 130 cm³/mol. The van der Waals surface area contributed by atoms with Crippen molar-refractivity contribution < 1.29 is 9.72 Å². The van der Waals surface area contributed by atoms with Gasteiger partial charge >= 0.3 is 0 Å². The maximum Gasteiger partial charge on any atom is 0.276 e. The number of nitrogens with one attached hydrogen (secondary N) is 1. The third kappa shape index (κ3) is 7.59. The minimum atomic E-state index is -0.449. The van der Waals surface area contributed by atoms with Gasteiger partial charge in [0.25, 0.3) is 11.6 Å². The number of carbonyl (C=O) groups excluding carboxylic acids is 1. The molecule has 3 rings (SSSR count). The summed E-state index contributed by atoms with van der Waals surface area (Å²) in [6.45, 7) is 2.06. The third-order valence-corrected chi connectivity index (χ3v) is 7.22. The summed E-state index contributed by atoms with van der Waals surface area (Å²) in [6, 6.07) is 14.7. The van der Waals surface area contributed by atoms with E-state index in [2.05, 4.69) is 51.9 Å². The average Bonchev–Trinajstić information content (AvgIpc) is 3.25. The number of carbonyl (C=O) groups is 1. The number of para-hydroxylation sites is 1. The van der Waals surface area contributed by atoms with Gasteiger partial charge in [0.1, 0.15) is 0 Å². The van der Waals surface area contributed by atoms with Crippen LogP contribution in [0, 0.1) is 17.0 Å². The van der Waals surface area contributed by atoms with Gasteiger partial charge in [-0.2, -0.15) is 5.10 Å². The molecule has 0 aliphatic rings. The molecule has 0 aliphatic heterocycles. The Balaban J connectivity index is 1.39. The number of nitro benzene ring substituents is 1. The molecule has 0 aliphatic carbocycles. The van der Waals surface area contributed by atoms with Crippen LogP contribution in [0.15, 0.2) is 68.4 Å². The van der Waals surface area contributed by atoms with Gasteiger partial charge in [0.15, 0.2) is 8.68 Å². The van der Waals surface area contributed by atoms with Gasteiger partial charge < -0.3 is 0 Å². The SMILES string of the molecule is Cc1ccc(CSc2nnc(SCC(=O)NN=C/C=C/c3ccccc3[N+](=O)[O-])s2)cc1. The molecule has 164 valence electrons. The standard InChI is InChI=1S/C21H19N5O3S3/c1-15-8-10-16(11-9-15)13-30-20-24-25-21(32-20)31-14-19(27)23-22-12-4-6-17-5-2-3-7-18(17)26(28)29/h2-12H,13-14H2,1H3,(H,23,27)/b6-4+,22-12?. The van der Waals surface area contributed by atoms with E-state index in [1.54, 1.807) is 36.0 Å². The smallest absolute Gasteiger partial charge is 0.272 e. The number of thioether (sulfide) groups is 2. The third-order valence-electron chi connectivity index (χ3n) is 3.96. The van der Waals surface area contributed by atoms with Crippen LogP contribution >= 0.6 is 34.9 Å². The van der Waals surface area contributed by atoms with E-state index in [-0.39, 0.29) is 17.3 Å². The number of rotatable bonds is 10. The van der Waals surface area contributed by atoms with E-state index < -0.39 is 4.92 Å². The number of hydrazone groups is 1. The van der Waals surface area contributed by atoms with Crippen LogP contribution in [0.4, 0.5) is 5.69 Å². The van der Waals surface area contributed by atoms with Crippen molar-refractivity contribution in [1.82, 2.24) is 15.6 Å². The van der Waals surface area contributed by atoms with Crippen LogP contribution in [0.25, 0.3) is 6.08 Å². The van der Waals surface area contributed by atoms with Crippen molar-refractivity contribution in [3.63, 3.8) is 0 Å². The minimum absolute atomic E-state index is 0.00559. The van der Waals surface area contributed by atoms with Crippen molar-refractivity contribution in [2.45, 2.75) is 21.4 Å². The molecule has 11 heteroatoms. The first-order valence-corrected chi connectivity index (χ1v) is 12.2. The monoisotopic (exact) mass is 485 g/mol. The van der Waals surface area contributed by atoms with Gasteiger partial charge in [0.05, 0.1) is 16.2 Å². The molecule has 0 saturated heterocycles. The zero-order valence-corrected chi connectivity index (χ0v) is 19.5. The molecule has 0 spiro atoms. The number of allylic oxidation sites excluding steroid dienone is 1. The van der Waals surface area contributed by atoms with E-state index in [4.69, 9.17) is 0 Å². The second kappa shape index (κ2) is 12.1. The van der Waals surface area contributed by atoms with Crippen molar-refractivity contribution in [2.75, 3.05) is 5.75 Å². The molecule has 2 aromatic carbocycles. The Morgan fingerprint density at radius 1 is 1.16 bits per heavy atom. The largest absolute Gasteiger partial charge is 0.276 e. The summed E-state index contributed by atoms with van der Waals surface area (Å²) in [5, 5.41) is 23.0. The Morgan fingerprint density at radius 2 is 1.88 bits per heavy atom. The molecule has 32 heavy (non-hydrogen) atoms. The van der Waals surface area contributed by atoms with Gasteiger partial charge in [-0.15, -0.1) is 10.2 Å². The Kier molecular flexibility index (Phi) is 8.96. The van der Waals surface area contributed by atoms with Gasteiger partial charge in [-0.1, -0.05) is 76.8 Å². The van der Waals surface area contributed by atoms with Gasteiger partial charge in [0, 0.05) is 18.0 Å². The molecule has 1 N–H and O–H groups in total. The van der Waals surface area contributed by atoms with E-state index in [1.807, 2.05) is 0 Å². The molecular formula is C21H19N5O3S3. The van der Waals surface area contributed by atoms with Crippen molar-refractivity contribution >= 4 is 58.7 Å². The normalized spacial score (nSPS) is 11.3. The zero-order chi connectivity index (χ0) is 22.8. The maximum absolute atomic E-state index is 11.9. The maximum atomic E-state index is 11.9. The highest BCUT2D eigenvalue weighted by atomic mass is 32.2. The Morgan fingerprint density at radius 3 is 2.62 bits per heavy atom. The number of amides is 1. The summed E-state index contributed by atoms with van der Waals surface area (Å²) in [7, 11) is 0. The second-order valence-corrected chi connectivity index (χ2v) is 9.81.